The van der Waals surface area contributed by atoms with Crippen LogP contribution in [0.3, 0.4) is 0 Å². The zero-order chi connectivity index (χ0) is 10.4. The standard InChI is InChI=1S/C7H9ClN.BF3.FH/c1-6-3-4-7(8)9(2)5-6;2-1(3)4;/h3-5H,1-2H3;;1H/q+1;;/p-1. The summed E-state index contributed by atoms with van der Waals surface area (Å²) in [5.74, 6) is 0. The fourth-order valence-electron chi connectivity index (χ4n) is 0.728. The first-order chi connectivity index (χ1) is 5.93. The second-order valence-corrected chi connectivity index (χ2v) is 2.77. The molecule has 0 aliphatic heterocycles. The first-order valence-electron chi connectivity index (χ1n) is 3.47. The highest BCUT2D eigenvalue weighted by molar-refractivity contribution is 6.33. The molecule has 0 radical (unpaired) electrons. The lowest BCUT2D eigenvalue weighted by molar-refractivity contribution is -0.669. The molecule has 1 aromatic heterocycles. The first-order valence-corrected chi connectivity index (χ1v) is 3.85. The lowest BCUT2D eigenvalue weighted by Gasteiger charge is -1.90. The molecular formula is C7H9BClF4N. The zero-order valence-corrected chi connectivity index (χ0v) is 8.40. The molecule has 0 fully saturated rings. The van der Waals surface area contributed by atoms with Gasteiger partial charge in [-0.15, -0.1) is 0 Å². The van der Waals surface area contributed by atoms with E-state index in [-0.39, 0.29) is 4.70 Å². The van der Waals surface area contributed by atoms with Gasteiger partial charge in [-0.3, -0.25) is 12.9 Å². The van der Waals surface area contributed by atoms with E-state index in [0.29, 0.717) is 0 Å². The van der Waals surface area contributed by atoms with E-state index in [1.54, 1.807) is 0 Å². The van der Waals surface area contributed by atoms with Gasteiger partial charge in [0.15, 0.2) is 6.20 Å². The number of aryl methyl sites for hydroxylation is 2. The van der Waals surface area contributed by atoms with Gasteiger partial charge in [-0.05, 0) is 24.6 Å². The van der Waals surface area contributed by atoms with Crippen molar-refractivity contribution in [2.24, 2.45) is 7.05 Å². The summed E-state index contributed by atoms with van der Waals surface area (Å²) < 4.78 is 30.9. The molecule has 1 aromatic rings. The average Bonchev–Trinajstić information content (AvgIpc) is 1.96. The number of hydrogen-bond acceptors (Lipinski definition) is 0. The number of nitrogens with zero attached hydrogens (tertiary/aromatic N) is 1. The Balaban J connectivity index is 0. The highest BCUT2D eigenvalue weighted by Crippen LogP contribution is 2.00. The van der Waals surface area contributed by atoms with Crippen molar-refractivity contribution < 1.29 is 22.2 Å². The molecular weight excluding hydrogens is 220 g/mol. The second kappa shape index (κ2) is 7.61. The van der Waals surface area contributed by atoms with Crippen molar-refractivity contribution in [2.45, 2.75) is 6.92 Å². The van der Waals surface area contributed by atoms with Crippen LogP contribution in [0.4, 0.5) is 12.9 Å². The van der Waals surface area contributed by atoms with Crippen molar-refractivity contribution in [2.75, 3.05) is 0 Å². The van der Waals surface area contributed by atoms with Gasteiger partial charge >= 0.3 is 7.54 Å². The fourth-order valence-corrected chi connectivity index (χ4v) is 0.840. The molecule has 80 valence electrons. The Hall–Kier alpha value is -0.775. The van der Waals surface area contributed by atoms with Gasteiger partial charge in [0.1, 0.15) is 7.05 Å². The Morgan fingerprint density at radius 2 is 1.71 bits per heavy atom. The largest absolute Gasteiger partial charge is 1.00 e. The van der Waals surface area contributed by atoms with Crippen LogP contribution in [0.1, 0.15) is 5.56 Å². The summed E-state index contributed by atoms with van der Waals surface area (Å²) in [6.45, 7) is 2.04. The SMILES string of the molecule is Cc1ccc(Cl)[n+](C)c1.FB(F)F.[F-]. The molecule has 1 nitrogen and oxygen atoms in total. The Kier molecular flexibility index (Phi) is 8.53. The molecule has 0 N–H and O–H groups in total. The predicted molar refractivity (Wildman–Crippen MR) is 46.4 cm³/mol. The first kappa shape index (κ1) is 15.7. The molecule has 0 spiro atoms. The molecule has 1 rings (SSSR count). The van der Waals surface area contributed by atoms with Crippen LogP contribution in [-0.2, 0) is 7.05 Å². The lowest BCUT2D eigenvalue weighted by atomic mass is 10.3. The monoisotopic (exact) mass is 229 g/mol. The van der Waals surface area contributed by atoms with Gasteiger partial charge in [-0.25, -0.2) is 0 Å². The molecule has 0 atom stereocenters. The van der Waals surface area contributed by atoms with Gasteiger partial charge in [0.05, 0.1) is 0 Å². The highest BCUT2D eigenvalue weighted by Gasteiger charge is 2.06. The Labute approximate surface area is 85.1 Å². The summed E-state index contributed by atoms with van der Waals surface area (Å²) in [4.78, 5) is 0. The van der Waals surface area contributed by atoms with Gasteiger partial charge in [-0.2, -0.15) is 4.57 Å². The van der Waals surface area contributed by atoms with Crippen LogP contribution in [0.5, 0.6) is 0 Å². The van der Waals surface area contributed by atoms with E-state index in [4.69, 9.17) is 11.6 Å². The Bertz CT molecular complexity index is 269. The molecule has 0 bridgehead atoms. The Morgan fingerprint density at radius 1 is 1.29 bits per heavy atom. The quantitative estimate of drug-likeness (QED) is 0.241. The van der Waals surface area contributed by atoms with E-state index in [1.165, 1.54) is 5.56 Å². The third-order valence-corrected chi connectivity index (χ3v) is 1.61. The molecule has 0 unspecified atom stereocenters. The second-order valence-electron chi connectivity index (χ2n) is 2.39. The molecule has 1 heterocycles. The average molecular weight is 229 g/mol. The van der Waals surface area contributed by atoms with E-state index in [9.17, 15) is 12.9 Å². The summed E-state index contributed by atoms with van der Waals surface area (Å²) in [6, 6.07) is 3.87. The maximum Gasteiger partial charge on any atom is 0.762 e. The molecule has 7 heteroatoms. The highest BCUT2D eigenvalue weighted by atomic mass is 35.5. The van der Waals surface area contributed by atoms with Crippen LogP contribution in [0, 0.1) is 6.92 Å². The van der Waals surface area contributed by atoms with Crippen LogP contribution in [0.25, 0.3) is 0 Å². The minimum atomic E-state index is -3.67. The number of pyridine rings is 1. The van der Waals surface area contributed by atoms with Crippen LogP contribution < -0.4 is 9.27 Å². The van der Waals surface area contributed by atoms with Crippen LogP contribution >= 0.6 is 11.6 Å². The molecule has 0 aromatic carbocycles. The maximum absolute atomic E-state index is 9.67. The van der Waals surface area contributed by atoms with Crippen LogP contribution in [0.15, 0.2) is 18.3 Å². The number of aromatic nitrogens is 1. The number of rotatable bonds is 0. The van der Waals surface area contributed by atoms with E-state index in [1.807, 2.05) is 36.9 Å². The number of halogens is 5. The van der Waals surface area contributed by atoms with E-state index in [0.717, 1.165) is 5.15 Å². The van der Waals surface area contributed by atoms with Gasteiger partial charge in [0.25, 0.3) is 5.15 Å². The van der Waals surface area contributed by atoms with Crippen LogP contribution in [-0.4, -0.2) is 7.54 Å². The van der Waals surface area contributed by atoms with Crippen molar-refractivity contribution in [3.63, 3.8) is 0 Å². The summed E-state index contributed by atoms with van der Waals surface area (Å²) in [7, 11) is -1.74. The third-order valence-electron chi connectivity index (χ3n) is 1.22. The minimum absolute atomic E-state index is 0. The lowest BCUT2D eigenvalue weighted by Crippen LogP contribution is -3.00. The van der Waals surface area contributed by atoms with Crippen molar-refractivity contribution in [3.05, 3.63) is 29.0 Å². The van der Waals surface area contributed by atoms with Gasteiger partial charge in [0, 0.05) is 11.6 Å². The van der Waals surface area contributed by atoms with Gasteiger partial charge in [0.2, 0.25) is 0 Å². The molecule has 0 saturated heterocycles. The molecule has 0 aliphatic carbocycles. The predicted octanol–water partition coefficient (Wildman–Crippen LogP) is -0.643. The number of hydrogen-bond donors (Lipinski definition) is 0. The zero-order valence-electron chi connectivity index (χ0n) is 7.65. The molecule has 0 aliphatic rings. The molecule has 0 saturated carbocycles. The fraction of sp³-hybridized carbons (Fsp3) is 0.286. The van der Waals surface area contributed by atoms with E-state index >= 15 is 0 Å². The maximum atomic E-state index is 9.67. The minimum Gasteiger partial charge on any atom is -1.00 e. The summed E-state index contributed by atoms with van der Waals surface area (Å²) in [5, 5.41) is 0.764. The summed E-state index contributed by atoms with van der Waals surface area (Å²) in [5.41, 5.74) is 1.22. The smallest absolute Gasteiger partial charge is 0.762 e. The molecule has 0 amide bonds. The van der Waals surface area contributed by atoms with E-state index < -0.39 is 7.54 Å². The normalized spacial score (nSPS) is 8.14. The summed E-state index contributed by atoms with van der Waals surface area (Å²) in [6.07, 6.45) is 1.99. The van der Waals surface area contributed by atoms with Gasteiger partial charge < -0.3 is 4.70 Å². The molecule has 14 heavy (non-hydrogen) atoms. The van der Waals surface area contributed by atoms with Gasteiger partial charge in [-0.1, -0.05) is 0 Å². The van der Waals surface area contributed by atoms with Crippen molar-refractivity contribution in [1.82, 2.24) is 0 Å². The Morgan fingerprint density at radius 3 is 2.00 bits per heavy atom. The van der Waals surface area contributed by atoms with Crippen molar-refractivity contribution in [1.29, 1.82) is 0 Å². The summed E-state index contributed by atoms with van der Waals surface area (Å²) >= 11 is 5.74. The van der Waals surface area contributed by atoms with Crippen molar-refractivity contribution >= 4 is 19.1 Å². The van der Waals surface area contributed by atoms with E-state index in [2.05, 4.69) is 0 Å². The van der Waals surface area contributed by atoms with Crippen LogP contribution in [0.2, 0.25) is 5.15 Å². The van der Waals surface area contributed by atoms with Crippen molar-refractivity contribution in [3.8, 4) is 0 Å². The topological polar surface area (TPSA) is 3.88 Å². The third kappa shape index (κ3) is 7.85.